The molecule has 1 saturated heterocycles. The number of fused-ring (bicyclic) bond motifs is 3. The van der Waals surface area contributed by atoms with Gasteiger partial charge in [0, 0.05) is 25.3 Å². The molecule has 3 N–H and O–H groups in total. The lowest BCUT2D eigenvalue weighted by Crippen LogP contribution is -2.54. The molecule has 138 valence electrons. The Labute approximate surface area is 144 Å². The molecule has 3 aliphatic heterocycles. The van der Waals surface area contributed by atoms with Crippen molar-refractivity contribution in [3.63, 3.8) is 0 Å². The van der Waals surface area contributed by atoms with Crippen LogP contribution in [0.25, 0.3) is 0 Å². The van der Waals surface area contributed by atoms with Crippen molar-refractivity contribution < 1.29 is 39.1 Å². The van der Waals surface area contributed by atoms with E-state index in [0.29, 0.717) is 6.42 Å². The van der Waals surface area contributed by atoms with E-state index in [2.05, 4.69) is 0 Å². The molecule has 0 aromatic rings. The Bertz CT molecular complexity index is 691. The van der Waals surface area contributed by atoms with Crippen LogP contribution in [0.3, 0.4) is 0 Å². The fraction of sp³-hybridized carbons (Fsp3) is 0.647. The molecule has 0 amide bonds. The molecule has 0 aromatic carbocycles. The summed E-state index contributed by atoms with van der Waals surface area (Å²) in [5.41, 5.74) is -2.59. The van der Waals surface area contributed by atoms with Crippen molar-refractivity contribution in [2.45, 2.75) is 63.1 Å². The smallest absolute Gasteiger partial charge is 0.343 e. The molecule has 1 fully saturated rings. The van der Waals surface area contributed by atoms with Crippen molar-refractivity contribution in [1.82, 2.24) is 0 Å². The summed E-state index contributed by atoms with van der Waals surface area (Å²) in [6.07, 6.45) is 0.480. The molecule has 0 aromatic heterocycles. The fourth-order valence-corrected chi connectivity index (χ4v) is 3.56. The number of carbonyl (C=O) groups excluding carboxylic acids is 2. The van der Waals surface area contributed by atoms with E-state index in [1.165, 1.54) is 19.9 Å². The van der Waals surface area contributed by atoms with Crippen LogP contribution in [0.2, 0.25) is 0 Å². The third-order valence-electron chi connectivity index (χ3n) is 5.02. The first-order valence-electron chi connectivity index (χ1n) is 8.11. The Hall–Kier alpha value is -1.74. The van der Waals surface area contributed by atoms with Gasteiger partial charge in [0.1, 0.15) is 18.0 Å². The summed E-state index contributed by atoms with van der Waals surface area (Å²) < 4.78 is 15.8. The number of aliphatic hydroxyl groups excluding tert-OH is 1. The summed E-state index contributed by atoms with van der Waals surface area (Å²) in [6.45, 7) is 3.93. The molecule has 0 radical (unpaired) electrons. The van der Waals surface area contributed by atoms with Gasteiger partial charge in [0.2, 0.25) is 0 Å². The number of hydrogen-bond donors (Lipinski definition) is 3. The van der Waals surface area contributed by atoms with E-state index in [4.69, 9.17) is 14.2 Å². The van der Waals surface area contributed by atoms with Crippen LogP contribution in [-0.2, 0) is 23.8 Å². The average Bonchev–Trinajstić information content (AvgIpc) is 2.94. The van der Waals surface area contributed by atoms with Crippen LogP contribution >= 0.6 is 0 Å². The zero-order valence-electron chi connectivity index (χ0n) is 14.4. The van der Waals surface area contributed by atoms with Crippen LogP contribution in [0.1, 0.15) is 40.0 Å². The highest BCUT2D eigenvalue weighted by Crippen LogP contribution is 2.48. The number of aliphatic hydroxyl groups is 3. The summed E-state index contributed by atoms with van der Waals surface area (Å²) in [5.74, 6) is -3.03. The number of hydrogen-bond acceptors (Lipinski definition) is 8. The standard InChI is InChI=1S/C17H22O8/c1-9(18)23-8-10-13-11(19)6-16(3,21)17(22)5-4-15(2,25-17)7-12(13)24-14(10)20/h7,11,19,21-22H,4-6,8H2,1-3H3/b12-7+/t11-,15+,16-,17+/m1/s1. The Kier molecular flexibility index (Phi) is 4.07. The summed E-state index contributed by atoms with van der Waals surface area (Å²) in [5, 5.41) is 32.1. The van der Waals surface area contributed by atoms with Gasteiger partial charge in [-0.25, -0.2) is 4.79 Å². The van der Waals surface area contributed by atoms with Crippen molar-refractivity contribution in [1.29, 1.82) is 0 Å². The lowest BCUT2D eigenvalue weighted by atomic mass is 9.82. The highest BCUT2D eigenvalue weighted by molar-refractivity contribution is 5.95. The summed E-state index contributed by atoms with van der Waals surface area (Å²) in [7, 11) is 0. The van der Waals surface area contributed by atoms with Gasteiger partial charge in [-0.3, -0.25) is 4.79 Å². The van der Waals surface area contributed by atoms with E-state index in [-0.39, 0.29) is 36.4 Å². The molecule has 0 unspecified atom stereocenters. The second-order valence-corrected chi connectivity index (χ2v) is 7.26. The van der Waals surface area contributed by atoms with Gasteiger partial charge in [-0.15, -0.1) is 0 Å². The molecule has 0 saturated carbocycles. The zero-order chi connectivity index (χ0) is 18.6. The first-order valence-corrected chi connectivity index (χ1v) is 8.11. The number of ether oxygens (including phenoxy) is 3. The molecule has 0 spiro atoms. The number of esters is 2. The van der Waals surface area contributed by atoms with Gasteiger partial charge in [-0.2, -0.15) is 0 Å². The normalized spacial score (nSPS) is 42.7. The molecule has 0 aliphatic carbocycles. The van der Waals surface area contributed by atoms with Crippen LogP contribution < -0.4 is 0 Å². The Balaban J connectivity index is 2.09. The molecule has 3 heterocycles. The SMILES string of the molecule is CC(=O)OCC1=C2/C(=C\[C@]3(C)CC[C@](O)(O3)[C@](C)(O)C[C@H]2O)OC1=O. The Morgan fingerprint density at radius 1 is 1.36 bits per heavy atom. The van der Waals surface area contributed by atoms with Crippen LogP contribution in [-0.4, -0.2) is 57.0 Å². The third kappa shape index (κ3) is 2.99. The molecule has 8 heteroatoms. The lowest BCUT2D eigenvalue weighted by Gasteiger charge is -2.39. The van der Waals surface area contributed by atoms with E-state index in [1.807, 2.05) is 0 Å². The van der Waals surface area contributed by atoms with Crippen molar-refractivity contribution in [2.75, 3.05) is 6.61 Å². The molecule has 4 atom stereocenters. The first-order chi connectivity index (χ1) is 11.5. The Morgan fingerprint density at radius 2 is 2.04 bits per heavy atom. The van der Waals surface area contributed by atoms with E-state index >= 15 is 0 Å². The highest BCUT2D eigenvalue weighted by Gasteiger charge is 2.58. The largest absolute Gasteiger partial charge is 0.461 e. The predicted molar refractivity (Wildman–Crippen MR) is 82.8 cm³/mol. The van der Waals surface area contributed by atoms with Gasteiger partial charge in [0.15, 0.2) is 5.79 Å². The summed E-state index contributed by atoms with van der Waals surface area (Å²) >= 11 is 0. The fourth-order valence-electron chi connectivity index (χ4n) is 3.56. The second kappa shape index (κ2) is 5.63. The zero-order valence-corrected chi connectivity index (χ0v) is 14.4. The van der Waals surface area contributed by atoms with E-state index in [1.54, 1.807) is 6.92 Å². The monoisotopic (exact) mass is 354 g/mol. The van der Waals surface area contributed by atoms with Gasteiger partial charge >= 0.3 is 11.9 Å². The highest BCUT2D eigenvalue weighted by atomic mass is 16.7. The third-order valence-corrected chi connectivity index (χ3v) is 5.02. The maximum atomic E-state index is 12.2. The van der Waals surface area contributed by atoms with Gasteiger partial charge in [-0.05, 0) is 26.3 Å². The van der Waals surface area contributed by atoms with Crippen molar-refractivity contribution in [3.8, 4) is 0 Å². The molecular formula is C17H22O8. The minimum Gasteiger partial charge on any atom is -0.461 e. The topological polar surface area (TPSA) is 123 Å². The quantitative estimate of drug-likeness (QED) is 0.595. The molecule has 8 nitrogen and oxygen atoms in total. The lowest BCUT2D eigenvalue weighted by molar-refractivity contribution is -0.297. The molecule has 3 rings (SSSR count). The summed E-state index contributed by atoms with van der Waals surface area (Å²) in [6, 6.07) is 0. The minimum atomic E-state index is -1.83. The number of rotatable bonds is 2. The molecule has 25 heavy (non-hydrogen) atoms. The predicted octanol–water partition coefficient (Wildman–Crippen LogP) is 0.0601. The minimum absolute atomic E-state index is 0.0121. The average molecular weight is 354 g/mol. The van der Waals surface area contributed by atoms with Crippen LogP contribution in [0.15, 0.2) is 23.0 Å². The van der Waals surface area contributed by atoms with Gasteiger partial charge < -0.3 is 29.5 Å². The maximum Gasteiger partial charge on any atom is 0.343 e. The van der Waals surface area contributed by atoms with Gasteiger partial charge in [-0.1, -0.05) is 0 Å². The number of carbonyl (C=O) groups is 2. The first kappa shape index (κ1) is 18.1. The van der Waals surface area contributed by atoms with Crippen LogP contribution in [0.4, 0.5) is 0 Å². The second-order valence-electron chi connectivity index (χ2n) is 7.26. The molecular weight excluding hydrogens is 332 g/mol. The van der Waals surface area contributed by atoms with Crippen molar-refractivity contribution in [2.24, 2.45) is 0 Å². The van der Waals surface area contributed by atoms with Crippen molar-refractivity contribution in [3.05, 3.63) is 23.0 Å². The maximum absolute atomic E-state index is 12.2. The van der Waals surface area contributed by atoms with E-state index < -0.39 is 35.0 Å². The molecule has 3 aliphatic rings. The van der Waals surface area contributed by atoms with Crippen LogP contribution in [0.5, 0.6) is 0 Å². The van der Waals surface area contributed by atoms with E-state index in [9.17, 15) is 24.9 Å². The summed E-state index contributed by atoms with van der Waals surface area (Å²) in [4.78, 5) is 23.2. The van der Waals surface area contributed by atoms with Crippen molar-refractivity contribution >= 4 is 11.9 Å². The van der Waals surface area contributed by atoms with Crippen LogP contribution in [0, 0.1) is 0 Å². The van der Waals surface area contributed by atoms with Gasteiger partial charge in [0.25, 0.3) is 0 Å². The van der Waals surface area contributed by atoms with E-state index in [0.717, 1.165) is 0 Å². The molecule has 2 bridgehead atoms. The Morgan fingerprint density at radius 3 is 2.68 bits per heavy atom. The van der Waals surface area contributed by atoms with Gasteiger partial charge in [0.05, 0.1) is 17.3 Å².